The average Bonchev–Trinajstić information content (AvgIpc) is 2.51. The first kappa shape index (κ1) is 16.3. The van der Waals surface area contributed by atoms with Crippen LogP contribution in [0.1, 0.15) is 24.0 Å². The summed E-state index contributed by atoms with van der Waals surface area (Å²) in [5.74, 6) is 0.925. The molecule has 4 heteroatoms. The summed E-state index contributed by atoms with van der Waals surface area (Å²) in [6.45, 7) is 2.70. The van der Waals surface area contributed by atoms with Gasteiger partial charge in [0.1, 0.15) is 5.75 Å². The number of likely N-dealkylation sites (N-methyl/N-ethyl adjacent to an activating group) is 2. The Morgan fingerprint density at radius 1 is 1.24 bits per heavy atom. The normalized spacial score (nSPS) is 21.7. The predicted molar refractivity (Wildman–Crippen MR) is 87.8 cm³/mol. The number of ether oxygens (including phenoxy) is 1. The molecule has 118 valence electrons. The molecule has 0 fully saturated rings. The average molecular weight is 291 g/mol. The lowest BCUT2D eigenvalue weighted by Gasteiger charge is -2.46. The van der Waals surface area contributed by atoms with Crippen LogP contribution in [0.2, 0.25) is 0 Å². The zero-order valence-corrected chi connectivity index (χ0v) is 13.9. The van der Waals surface area contributed by atoms with Crippen molar-refractivity contribution in [2.75, 3.05) is 47.9 Å². The fraction of sp³-hybridized carbons (Fsp3) is 0.647. The second kappa shape index (κ2) is 6.77. The van der Waals surface area contributed by atoms with Gasteiger partial charge in [0.25, 0.3) is 0 Å². The molecule has 4 nitrogen and oxygen atoms in total. The van der Waals surface area contributed by atoms with E-state index in [1.165, 1.54) is 17.5 Å². The smallest absolute Gasteiger partial charge is 0.119 e. The summed E-state index contributed by atoms with van der Waals surface area (Å²) in [6.07, 6.45) is 3.46. The van der Waals surface area contributed by atoms with E-state index in [0.29, 0.717) is 6.54 Å². The van der Waals surface area contributed by atoms with E-state index in [1.54, 1.807) is 7.11 Å². The van der Waals surface area contributed by atoms with Crippen LogP contribution < -0.4 is 10.5 Å². The first-order valence-electron chi connectivity index (χ1n) is 7.77. The molecule has 1 aromatic carbocycles. The number of benzene rings is 1. The molecule has 0 bridgehead atoms. The van der Waals surface area contributed by atoms with E-state index in [1.807, 2.05) is 0 Å². The van der Waals surface area contributed by atoms with Crippen molar-refractivity contribution in [3.05, 3.63) is 29.3 Å². The van der Waals surface area contributed by atoms with Gasteiger partial charge in [0.05, 0.1) is 12.6 Å². The third kappa shape index (κ3) is 3.23. The van der Waals surface area contributed by atoms with Gasteiger partial charge in [-0.2, -0.15) is 0 Å². The van der Waals surface area contributed by atoms with E-state index in [9.17, 15) is 0 Å². The number of hydrogen-bond acceptors (Lipinski definition) is 4. The maximum absolute atomic E-state index is 6.26. The minimum Gasteiger partial charge on any atom is -0.497 e. The Kier molecular flexibility index (Phi) is 5.25. The van der Waals surface area contributed by atoms with Gasteiger partial charge in [0.2, 0.25) is 0 Å². The summed E-state index contributed by atoms with van der Waals surface area (Å²) in [6, 6.07) is 6.45. The highest BCUT2D eigenvalue weighted by Gasteiger charge is 2.39. The molecule has 1 aromatic rings. The Morgan fingerprint density at radius 2 is 2.00 bits per heavy atom. The number of nitrogens with two attached hydrogens (primary N) is 1. The molecule has 0 aromatic heterocycles. The van der Waals surface area contributed by atoms with E-state index in [2.05, 4.69) is 49.1 Å². The van der Waals surface area contributed by atoms with E-state index in [0.717, 1.165) is 31.7 Å². The predicted octanol–water partition coefficient (Wildman–Crippen LogP) is 1.68. The number of methoxy groups -OCH3 is 1. The molecule has 2 rings (SSSR count). The van der Waals surface area contributed by atoms with Crippen LogP contribution in [0, 0.1) is 0 Å². The summed E-state index contributed by atoms with van der Waals surface area (Å²) >= 11 is 0. The minimum atomic E-state index is -0.0574. The highest BCUT2D eigenvalue weighted by Crippen LogP contribution is 2.40. The summed E-state index contributed by atoms with van der Waals surface area (Å²) in [5.41, 5.74) is 8.98. The fourth-order valence-corrected chi connectivity index (χ4v) is 3.37. The number of rotatable bonds is 6. The molecule has 0 saturated carbocycles. The minimum absolute atomic E-state index is 0.0574. The number of hydrogen-bond donors (Lipinski definition) is 1. The Labute approximate surface area is 128 Å². The van der Waals surface area contributed by atoms with Crippen molar-refractivity contribution in [1.82, 2.24) is 9.80 Å². The Hall–Kier alpha value is -1.10. The quantitative estimate of drug-likeness (QED) is 0.866. The largest absolute Gasteiger partial charge is 0.497 e. The fourth-order valence-electron chi connectivity index (χ4n) is 3.37. The van der Waals surface area contributed by atoms with Crippen molar-refractivity contribution >= 4 is 0 Å². The zero-order chi connectivity index (χ0) is 15.5. The second-order valence-corrected chi connectivity index (χ2v) is 6.34. The monoisotopic (exact) mass is 291 g/mol. The maximum atomic E-state index is 6.26. The molecule has 21 heavy (non-hydrogen) atoms. The Balaban J connectivity index is 2.36. The number of aryl methyl sites for hydroxylation is 1. The van der Waals surface area contributed by atoms with Gasteiger partial charge in [-0.05, 0) is 63.7 Å². The number of fused-ring (bicyclic) bond motifs is 1. The molecule has 0 radical (unpaired) electrons. The van der Waals surface area contributed by atoms with Crippen molar-refractivity contribution in [3.8, 4) is 5.75 Å². The molecule has 1 unspecified atom stereocenters. The summed E-state index contributed by atoms with van der Waals surface area (Å²) < 4.78 is 5.43. The van der Waals surface area contributed by atoms with E-state index < -0.39 is 0 Å². The van der Waals surface area contributed by atoms with Crippen LogP contribution in [0.5, 0.6) is 5.75 Å². The van der Waals surface area contributed by atoms with Crippen molar-refractivity contribution in [2.24, 2.45) is 5.73 Å². The van der Waals surface area contributed by atoms with Gasteiger partial charge in [0.15, 0.2) is 0 Å². The first-order valence-corrected chi connectivity index (χ1v) is 7.77. The molecule has 1 aliphatic rings. The summed E-state index contributed by atoms with van der Waals surface area (Å²) in [5, 5.41) is 0. The highest BCUT2D eigenvalue weighted by atomic mass is 16.5. The lowest BCUT2D eigenvalue weighted by atomic mass is 9.75. The summed E-state index contributed by atoms with van der Waals surface area (Å²) in [4.78, 5) is 4.65. The van der Waals surface area contributed by atoms with Gasteiger partial charge in [-0.15, -0.1) is 0 Å². The van der Waals surface area contributed by atoms with Gasteiger partial charge in [-0.3, -0.25) is 4.90 Å². The van der Waals surface area contributed by atoms with Crippen LogP contribution in [0.25, 0.3) is 0 Å². The molecule has 1 atom stereocenters. The van der Waals surface area contributed by atoms with Crippen LogP contribution in [0.4, 0.5) is 0 Å². The molecule has 1 aliphatic carbocycles. The lowest BCUT2D eigenvalue weighted by molar-refractivity contribution is 0.0953. The molecule has 2 N–H and O–H groups in total. The second-order valence-electron chi connectivity index (χ2n) is 6.34. The third-order valence-electron chi connectivity index (χ3n) is 4.81. The maximum Gasteiger partial charge on any atom is 0.119 e. The van der Waals surface area contributed by atoms with Crippen LogP contribution in [-0.2, 0) is 12.0 Å². The van der Waals surface area contributed by atoms with Crippen LogP contribution in [0.3, 0.4) is 0 Å². The van der Waals surface area contributed by atoms with Gasteiger partial charge in [-0.25, -0.2) is 0 Å². The topological polar surface area (TPSA) is 41.7 Å². The molecular weight excluding hydrogens is 262 g/mol. The van der Waals surface area contributed by atoms with Crippen molar-refractivity contribution in [3.63, 3.8) is 0 Å². The molecular formula is C17H29N3O. The van der Waals surface area contributed by atoms with Gasteiger partial charge < -0.3 is 15.4 Å². The summed E-state index contributed by atoms with van der Waals surface area (Å²) in [7, 11) is 8.15. The molecule has 0 heterocycles. The molecule has 0 amide bonds. The Morgan fingerprint density at radius 3 is 2.62 bits per heavy atom. The molecule has 0 spiro atoms. The van der Waals surface area contributed by atoms with Crippen molar-refractivity contribution < 1.29 is 4.74 Å². The molecule has 0 saturated heterocycles. The Bertz CT molecular complexity index is 475. The standard InChI is InChI=1S/C17H29N3O/c1-19(2)10-11-20(3)17(13-18)9-5-6-14-7-8-15(21-4)12-16(14)17/h7-8,12H,5-6,9-11,13,18H2,1-4H3. The number of nitrogens with zero attached hydrogens (tertiary/aromatic N) is 2. The zero-order valence-electron chi connectivity index (χ0n) is 13.9. The first-order chi connectivity index (χ1) is 10.0. The lowest BCUT2D eigenvalue weighted by Crippen LogP contribution is -2.52. The van der Waals surface area contributed by atoms with E-state index in [-0.39, 0.29) is 5.54 Å². The third-order valence-corrected chi connectivity index (χ3v) is 4.81. The van der Waals surface area contributed by atoms with Crippen molar-refractivity contribution in [2.45, 2.75) is 24.8 Å². The van der Waals surface area contributed by atoms with E-state index >= 15 is 0 Å². The van der Waals surface area contributed by atoms with Crippen LogP contribution in [-0.4, -0.2) is 57.7 Å². The highest BCUT2D eigenvalue weighted by molar-refractivity contribution is 5.42. The van der Waals surface area contributed by atoms with Gasteiger partial charge >= 0.3 is 0 Å². The molecule has 0 aliphatic heterocycles. The van der Waals surface area contributed by atoms with Crippen LogP contribution in [0.15, 0.2) is 18.2 Å². The van der Waals surface area contributed by atoms with E-state index in [4.69, 9.17) is 10.5 Å². The van der Waals surface area contributed by atoms with Gasteiger partial charge in [-0.1, -0.05) is 6.07 Å². The van der Waals surface area contributed by atoms with Gasteiger partial charge in [0, 0.05) is 19.6 Å². The van der Waals surface area contributed by atoms with Crippen molar-refractivity contribution in [1.29, 1.82) is 0 Å². The van der Waals surface area contributed by atoms with Crippen LogP contribution >= 0.6 is 0 Å². The SMILES string of the molecule is COc1ccc2c(c1)C(CN)(N(C)CCN(C)C)CCC2.